The fourth-order valence-electron chi connectivity index (χ4n) is 5.34. The first-order valence-corrected chi connectivity index (χ1v) is 12.3. The summed E-state index contributed by atoms with van der Waals surface area (Å²) in [5.74, 6) is 2.52. The van der Waals surface area contributed by atoms with Crippen molar-refractivity contribution < 1.29 is 19.0 Å². The summed E-state index contributed by atoms with van der Waals surface area (Å²) in [6.45, 7) is 6.21. The Labute approximate surface area is 214 Å². The molecule has 2 aromatic carbocycles. The van der Waals surface area contributed by atoms with Gasteiger partial charge in [-0.2, -0.15) is 0 Å². The van der Waals surface area contributed by atoms with E-state index in [0.717, 1.165) is 16.7 Å². The highest BCUT2D eigenvalue weighted by atomic mass is 16.5. The van der Waals surface area contributed by atoms with Gasteiger partial charge in [-0.25, -0.2) is 14.5 Å². The predicted octanol–water partition coefficient (Wildman–Crippen LogP) is 5.28. The number of fused-ring (bicyclic) bond motifs is 3. The molecule has 1 aliphatic heterocycles. The molecule has 0 amide bonds. The van der Waals surface area contributed by atoms with E-state index in [1.807, 2.05) is 49.4 Å². The molecule has 6 rings (SSSR count). The number of carbonyl (C=O) groups is 1. The lowest BCUT2D eigenvalue weighted by molar-refractivity contribution is -0.118. The Bertz CT molecular complexity index is 1580. The number of rotatable bonds is 4. The van der Waals surface area contributed by atoms with E-state index in [2.05, 4.69) is 18.8 Å². The third kappa shape index (κ3) is 3.84. The molecule has 1 atom stereocenters. The Kier molecular flexibility index (Phi) is 5.29. The van der Waals surface area contributed by atoms with Crippen LogP contribution in [0.1, 0.15) is 49.3 Å². The average molecular weight is 497 g/mol. The highest BCUT2D eigenvalue weighted by Crippen LogP contribution is 2.51. The summed E-state index contributed by atoms with van der Waals surface area (Å²) < 4.78 is 19.1. The van der Waals surface area contributed by atoms with Gasteiger partial charge < -0.3 is 14.2 Å². The smallest absolute Gasteiger partial charge is 0.228 e. The SMILES string of the molecule is COc1ccc(C2C3=C(CC(C)(C)CC3=O)Oc3ncn4nc(-c5ccc(C)cc5)nc4c32)cc1OC. The predicted molar refractivity (Wildman–Crippen MR) is 138 cm³/mol. The van der Waals surface area contributed by atoms with E-state index >= 15 is 0 Å². The minimum absolute atomic E-state index is 0.0666. The maximum atomic E-state index is 13.7. The average Bonchev–Trinajstić information content (AvgIpc) is 3.31. The highest BCUT2D eigenvalue weighted by Gasteiger charge is 2.44. The van der Waals surface area contributed by atoms with Crippen LogP contribution >= 0.6 is 0 Å². The number of nitrogens with zero attached hydrogens (tertiary/aromatic N) is 4. The summed E-state index contributed by atoms with van der Waals surface area (Å²) in [4.78, 5) is 23.2. The van der Waals surface area contributed by atoms with E-state index in [4.69, 9.17) is 24.3 Å². The number of hydrogen-bond donors (Lipinski definition) is 0. The molecule has 0 N–H and O–H groups in total. The summed E-state index contributed by atoms with van der Waals surface area (Å²) in [5, 5.41) is 4.70. The van der Waals surface area contributed by atoms with E-state index in [-0.39, 0.29) is 11.2 Å². The van der Waals surface area contributed by atoms with Crippen LogP contribution in [0.15, 0.2) is 60.1 Å². The summed E-state index contributed by atoms with van der Waals surface area (Å²) in [5.41, 5.74) is 4.69. The number of benzene rings is 2. The Hall–Kier alpha value is -4.20. The Morgan fingerprint density at radius 1 is 1.03 bits per heavy atom. The molecule has 2 aliphatic rings. The highest BCUT2D eigenvalue weighted by molar-refractivity contribution is 6.00. The van der Waals surface area contributed by atoms with Crippen LogP contribution in [-0.2, 0) is 4.79 Å². The Morgan fingerprint density at radius 3 is 2.51 bits per heavy atom. The summed E-state index contributed by atoms with van der Waals surface area (Å²) in [6.07, 6.45) is 2.70. The van der Waals surface area contributed by atoms with Crippen LogP contribution in [-0.4, -0.2) is 39.6 Å². The normalized spacial score (nSPS) is 18.3. The lowest BCUT2D eigenvalue weighted by Crippen LogP contribution is -2.33. The molecule has 0 spiro atoms. The van der Waals surface area contributed by atoms with Crippen LogP contribution in [0.25, 0.3) is 17.0 Å². The van der Waals surface area contributed by atoms with Gasteiger partial charge in [-0.05, 0) is 30.0 Å². The van der Waals surface area contributed by atoms with Gasteiger partial charge in [0.25, 0.3) is 0 Å². The van der Waals surface area contributed by atoms with E-state index in [0.29, 0.717) is 58.6 Å². The van der Waals surface area contributed by atoms with Gasteiger partial charge in [0, 0.05) is 24.0 Å². The molecule has 3 heterocycles. The second-order valence-electron chi connectivity index (χ2n) is 10.5. The van der Waals surface area contributed by atoms with Crippen LogP contribution in [0.4, 0.5) is 0 Å². The molecule has 8 heteroatoms. The van der Waals surface area contributed by atoms with E-state index in [9.17, 15) is 4.79 Å². The fraction of sp³-hybridized carbons (Fsp3) is 0.310. The molecule has 37 heavy (non-hydrogen) atoms. The van der Waals surface area contributed by atoms with Crippen molar-refractivity contribution in [3.63, 3.8) is 0 Å². The van der Waals surface area contributed by atoms with Gasteiger partial charge in [0.1, 0.15) is 12.1 Å². The first-order chi connectivity index (χ1) is 17.8. The minimum Gasteiger partial charge on any atom is -0.493 e. The maximum absolute atomic E-state index is 13.7. The van der Waals surface area contributed by atoms with Crippen molar-refractivity contribution in [2.45, 2.75) is 39.5 Å². The third-order valence-electron chi connectivity index (χ3n) is 7.11. The van der Waals surface area contributed by atoms with E-state index < -0.39 is 5.92 Å². The number of ketones is 1. The van der Waals surface area contributed by atoms with Crippen LogP contribution < -0.4 is 14.2 Å². The number of Topliss-reactive ketones (excluding diaryl/α,β-unsaturated/α-hetero) is 1. The molecule has 8 nitrogen and oxygen atoms in total. The molecule has 4 aromatic rings. The van der Waals surface area contributed by atoms with Crippen molar-refractivity contribution in [1.29, 1.82) is 0 Å². The number of ether oxygens (including phenoxy) is 3. The standard InChI is InChI=1S/C29H28N4O4/c1-16-6-8-17(9-7-16)26-31-27-25-23(18-10-11-20(35-4)21(12-18)36-5)24-19(34)13-29(2,3)14-22(24)37-28(25)30-15-33(27)32-26/h6-12,15,23H,13-14H2,1-5H3. The zero-order chi connectivity index (χ0) is 25.9. The lowest BCUT2D eigenvalue weighted by Gasteiger charge is -2.37. The lowest BCUT2D eigenvalue weighted by atomic mass is 9.70. The zero-order valence-corrected chi connectivity index (χ0v) is 21.5. The molecule has 0 saturated heterocycles. The molecular weight excluding hydrogens is 468 g/mol. The second-order valence-corrected chi connectivity index (χ2v) is 10.5. The van der Waals surface area contributed by atoms with Gasteiger partial charge in [0.05, 0.1) is 25.7 Å². The number of methoxy groups -OCH3 is 2. The van der Waals surface area contributed by atoms with Crippen LogP contribution in [0.3, 0.4) is 0 Å². The van der Waals surface area contributed by atoms with Crippen LogP contribution in [0, 0.1) is 12.3 Å². The van der Waals surface area contributed by atoms with Crippen molar-refractivity contribution in [2.24, 2.45) is 5.41 Å². The molecule has 1 unspecified atom stereocenters. The van der Waals surface area contributed by atoms with E-state index in [1.165, 1.54) is 0 Å². The number of aryl methyl sites for hydroxylation is 1. The molecule has 1 aliphatic carbocycles. The monoisotopic (exact) mass is 496 g/mol. The van der Waals surface area contributed by atoms with Crippen molar-refractivity contribution in [3.05, 3.63) is 76.8 Å². The van der Waals surface area contributed by atoms with Gasteiger partial charge in [0.15, 0.2) is 28.8 Å². The van der Waals surface area contributed by atoms with E-state index in [1.54, 1.807) is 25.1 Å². The number of allylic oxidation sites excluding steroid dienone is 2. The van der Waals surface area contributed by atoms with Gasteiger partial charge in [-0.3, -0.25) is 4.79 Å². The number of carbonyl (C=O) groups excluding carboxylic acids is 1. The summed E-state index contributed by atoms with van der Waals surface area (Å²) >= 11 is 0. The minimum atomic E-state index is -0.437. The summed E-state index contributed by atoms with van der Waals surface area (Å²) in [7, 11) is 3.20. The zero-order valence-electron chi connectivity index (χ0n) is 21.5. The first-order valence-electron chi connectivity index (χ1n) is 12.3. The quantitative estimate of drug-likeness (QED) is 0.380. The largest absolute Gasteiger partial charge is 0.493 e. The molecule has 2 aromatic heterocycles. The topological polar surface area (TPSA) is 87.8 Å². The first kappa shape index (κ1) is 23.2. The van der Waals surface area contributed by atoms with Crippen molar-refractivity contribution >= 4 is 11.4 Å². The molecule has 188 valence electrons. The fourth-order valence-corrected chi connectivity index (χ4v) is 5.34. The molecule has 0 radical (unpaired) electrons. The molecule has 0 fully saturated rings. The maximum Gasteiger partial charge on any atom is 0.228 e. The Morgan fingerprint density at radius 2 is 1.78 bits per heavy atom. The second kappa shape index (κ2) is 8.44. The van der Waals surface area contributed by atoms with Crippen molar-refractivity contribution in [2.75, 3.05) is 14.2 Å². The third-order valence-corrected chi connectivity index (χ3v) is 7.11. The Balaban J connectivity index is 1.60. The summed E-state index contributed by atoms with van der Waals surface area (Å²) in [6, 6.07) is 13.8. The van der Waals surface area contributed by atoms with Gasteiger partial charge in [0.2, 0.25) is 5.88 Å². The van der Waals surface area contributed by atoms with Crippen LogP contribution in [0.5, 0.6) is 17.4 Å². The van der Waals surface area contributed by atoms with Crippen molar-refractivity contribution in [3.8, 4) is 28.8 Å². The van der Waals surface area contributed by atoms with Gasteiger partial charge in [-0.15, -0.1) is 5.10 Å². The van der Waals surface area contributed by atoms with Crippen molar-refractivity contribution in [1.82, 2.24) is 19.6 Å². The van der Waals surface area contributed by atoms with Crippen LogP contribution in [0.2, 0.25) is 0 Å². The molecule has 0 saturated carbocycles. The molecule has 0 bridgehead atoms. The number of aromatic nitrogens is 4. The number of hydrogen-bond acceptors (Lipinski definition) is 7. The van der Waals surface area contributed by atoms with Gasteiger partial charge >= 0.3 is 0 Å². The molecular formula is C29H28N4O4. The van der Waals surface area contributed by atoms with Gasteiger partial charge in [-0.1, -0.05) is 49.7 Å².